The van der Waals surface area contributed by atoms with E-state index < -0.39 is 5.97 Å². The van der Waals surface area contributed by atoms with Gasteiger partial charge in [0.1, 0.15) is 0 Å². The fraction of sp³-hybridized carbons (Fsp3) is 0.500. The van der Waals surface area contributed by atoms with E-state index in [4.69, 9.17) is 5.11 Å². The highest BCUT2D eigenvalue weighted by molar-refractivity contribution is 5.66. The number of hydrogen-bond acceptors (Lipinski definition) is 2. The van der Waals surface area contributed by atoms with Crippen molar-refractivity contribution in [2.24, 2.45) is 0 Å². The van der Waals surface area contributed by atoms with Crippen molar-refractivity contribution < 1.29 is 9.90 Å². The van der Waals surface area contributed by atoms with Gasteiger partial charge in [0.05, 0.1) is 0 Å². The minimum atomic E-state index is -0.738. The van der Waals surface area contributed by atoms with Crippen LogP contribution in [0.15, 0.2) is 24.6 Å². The third kappa shape index (κ3) is 8.66. The molecule has 3 heteroatoms. The van der Waals surface area contributed by atoms with Gasteiger partial charge in [-0.2, -0.15) is 0 Å². The molecule has 0 atom stereocenters. The smallest absolute Gasteiger partial charge is 0.303 e. The second-order valence-electron chi connectivity index (χ2n) is 3.11. The maximum atomic E-state index is 10.2. The van der Waals surface area contributed by atoms with Crippen molar-refractivity contribution >= 4 is 5.97 Å². The molecule has 0 aromatic rings. The SMILES string of the molecule is C=C(C)NC(=C)CCCCC(=O)O. The van der Waals surface area contributed by atoms with Crippen LogP contribution in [0.2, 0.25) is 0 Å². The predicted octanol–water partition coefficient (Wildman–Crippen LogP) is 2.27. The van der Waals surface area contributed by atoms with E-state index in [-0.39, 0.29) is 6.42 Å². The Bertz CT molecular complexity index is 209. The molecule has 0 aliphatic carbocycles. The summed E-state index contributed by atoms with van der Waals surface area (Å²) in [7, 11) is 0. The summed E-state index contributed by atoms with van der Waals surface area (Å²) in [4.78, 5) is 10.2. The first-order chi connectivity index (χ1) is 6.02. The highest BCUT2D eigenvalue weighted by atomic mass is 16.4. The van der Waals surface area contributed by atoms with Crippen molar-refractivity contribution in [3.05, 3.63) is 24.6 Å². The largest absolute Gasteiger partial charge is 0.481 e. The van der Waals surface area contributed by atoms with E-state index in [2.05, 4.69) is 18.5 Å². The third-order valence-corrected chi connectivity index (χ3v) is 1.51. The standard InChI is InChI=1S/C10H17NO2/c1-8(2)11-9(3)6-4-5-7-10(12)13/h11H,1,3-7H2,2H3,(H,12,13). The lowest BCUT2D eigenvalue weighted by Crippen LogP contribution is -2.08. The second-order valence-corrected chi connectivity index (χ2v) is 3.11. The first-order valence-corrected chi connectivity index (χ1v) is 4.34. The molecule has 0 aliphatic heterocycles. The van der Waals surface area contributed by atoms with Crippen LogP contribution in [0.5, 0.6) is 0 Å². The summed E-state index contributed by atoms with van der Waals surface area (Å²) >= 11 is 0. The Hall–Kier alpha value is -1.25. The predicted molar refractivity (Wildman–Crippen MR) is 53.2 cm³/mol. The van der Waals surface area contributed by atoms with E-state index in [9.17, 15) is 4.79 Å². The molecule has 0 saturated heterocycles. The number of aliphatic carboxylic acids is 1. The van der Waals surface area contributed by atoms with Crippen molar-refractivity contribution in [3.63, 3.8) is 0 Å². The van der Waals surface area contributed by atoms with Crippen molar-refractivity contribution in [2.75, 3.05) is 0 Å². The lowest BCUT2D eigenvalue weighted by molar-refractivity contribution is -0.137. The normalized spacial score (nSPS) is 9.31. The molecule has 3 nitrogen and oxygen atoms in total. The van der Waals surface area contributed by atoms with Gasteiger partial charge in [-0.05, 0) is 26.2 Å². The lowest BCUT2D eigenvalue weighted by atomic mass is 10.1. The van der Waals surface area contributed by atoms with Gasteiger partial charge in [-0.1, -0.05) is 13.2 Å². The quantitative estimate of drug-likeness (QED) is 0.595. The van der Waals surface area contributed by atoms with Crippen LogP contribution in [-0.4, -0.2) is 11.1 Å². The number of allylic oxidation sites excluding steroid dienone is 2. The van der Waals surface area contributed by atoms with Crippen LogP contribution in [0, 0.1) is 0 Å². The Morgan fingerprint density at radius 2 is 1.85 bits per heavy atom. The molecule has 0 heterocycles. The number of carboxylic acids is 1. The van der Waals surface area contributed by atoms with Crippen LogP contribution in [-0.2, 0) is 4.79 Å². The number of carbonyl (C=O) groups is 1. The monoisotopic (exact) mass is 183 g/mol. The van der Waals surface area contributed by atoms with Gasteiger partial charge in [-0.25, -0.2) is 0 Å². The van der Waals surface area contributed by atoms with Crippen LogP contribution in [0.4, 0.5) is 0 Å². The molecular weight excluding hydrogens is 166 g/mol. The zero-order valence-electron chi connectivity index (χ0n) is 8.10. The fourth-order valence-corrected chi connectivity index (χ4v) is 0.979. The third-order valence-electron chi connectivity index (χ3n) is 1.51. The maximum absolute atomic E-state index is 10.2. The van der Waals surface area contributed by atoms with E-state index in [1.165, 1.54) is 0 Å². The van der Waals surface area contributed by atoms with Crippen molar-refractivity contribution in [1.29, 1.82) is 0 Å². The average Bonchev–Trinajstić information content (AvgIpc) is 1.96. The van der Waals surface area contributed by atoms with Gasteiger partial charge >= 0.3 is 5.97 Å². The molecule has 0 radical (unpaired) electrons. The van der Waals surface area contributed by atoms with Crippen LogP contribution in [0.1, 0.15) is 32.6 Å². The maximum Gasteiger partial charge on any atom is 0.303 e. The van der Waals surface area contributed by atoms with Gasteiger partial charge in [0.2, 0.25) is 0 Å². The van der Waals surface area contributed by atoms with Gasteiger partial charge in [0.15, 0.2) is 0 Å². The minimum absolute atomic E-state index is 0.236. The lowest BCUT2D eigenvalue weighted by Gasteiger charge is -2.07. The van der Waals surface area contributed by atoms with Crippen LogP contribution < -0.4 is 5.32 Å². The van der Waals surface area contributed by atoms with Crippen molar-refractivity contribution in [1.82, 2.24) is 5.32 Å². The van der Waals surface area contributed by atoms with E-state index in [0.717, 1.165) is 24.2 Å². The topological polar surface area (TPSA) is 49.3 Å². The summed E-state index contributed by atoms with van der Waals surface area (Å²) in [6, 6.07) is 0. The van der Waals surface area contributed by atoms with Crippen LogP contribution >= 0.6 is 0 Å². The fourth-order valence-electron chi connectivity index (χ4n) is 0.979. The number of unbranched alkanes of at least 4 members (excludes halogenated alkanes) is 1. The summed E-state index contributed by atoms with van der Waals surface area (Å²) in [5.74, 6) is -0.738. The molecule has 0 rings (SSSR count). The Balaban J connectivity index is 3.37. The molecule has 0 amide bonds. The van der Waals surface area contributed by atoms with E-state index >= 15 is 0 Å². The van der Waals surface area contributed by atoms with Crippen LogP contribution in [0.3, 0.4) is 0 Å². The number of hydrogen-bond donors (Lipinski definition) is 2. The summed E-state index contributed by atoms with van der Waals surface area (Å²) < 4.78 is 0. The van der Waals surface area contributed by atoms with Gasteiger partial charge in [-0.3, -0.25) is 4.79 Å². The summed E-state index contributed by atoms with van der Waals surface area (Å²) in [6.45, 7) is 9.34. The van der Waals surface area contributed by atoms with Crippen molar-refractivity contribution in [2.45, 2.75) is 32.6 Å². The highest BCUT2D eigenvalue weighted by Crippen LogP contribution is 2.05. The second kappa shape index (κ2) is 6.29. The van der Waals surface area contributed by atoms with Crippen LogP contribution in [0.25, 0.3) is 0 Å². The van der Waals surface area contributed by atoms with Gasteiger partial charge in [0, 0.05) is 17.8 Å². The zero-order valence-corrected chi connectivity index (χ0v) is 8.10. The molecule has 0 bridgehead atoms. The summed E-state index contributed by atoms with van der Waals surface area (Å²) in [5, 5.41) is 11.4. The minimum Gasteiger partial charge on any atom is -0.481 e. The number of carboxylic acid groups (broad SMARTS) is 1. The molecule has 0 fully saturated rings. The molecule has 0 aromatic carbocycles. The molecule has 13 heavy (non-hydrogen) atoms. The Labute approximate surface area is 79.2 Å². The molecule has 0 aromatic heterocycles. The first-order valence-electron chi connectivity index (χ1n) is 4.34. The molecule has 0 aliphatic rings. The van der Waals surface area contributed by atoms with Gasteiger partial charge < -0.3 is 10.4 Å². The molecule has 74 valence electrons. The number of rotatable bonds is 7. The highest BCUT2D eigenvalue weighted by Gasteiger charge is 1.97. The van der Waals surface area contributed by atoms with Crippen molar-refractivity contribution in [3.8, 4) is 0 Å². The van der Waals surface area contributed by atoms with E-state index in [0.29, 0.717) is 6.42 Å². The summed E-state index contributed by atoms with van der Waals surface area (Å²) in [5.41, 5.74) is 1.76. The molecule has 2 N–H and O–H groups in total. The van der Waals surface area contributed by atoms with E-state index in [1.807, 2.05) is 6.92 Å². The molecule has 0 spiro atoms. The Morgan fingerprint density at radius 1 is 1.31 bits per heavy atom. The first kappa shape index (κ1) is 11.8. The van der Waals surface area contributed by atoms with E-state index in [1.54, 1.807) is 0 Å². The molecular formula is C10H17NO2. The van der Waals surface area contributed by atoms with Gasteiger partial charge in [0.25, 0.3) is 0 Å². The Kier molecular flexibility index (Phi) is 5.68. The molecule has 0 unspecified atom stereocenters. The average molecular weight is 183 g/mol. The number of nitrogens with one attached hydrogen (secondary N) is 1. The summed E-state index contributed by atoms with van der Waals surface area (Å²) in [6.07, 6.45) is 2.60. The zero-order chi connectivity index (χ0) is 10.3. The van der Waals surface area contributed by atoms with Gasteiger partial charge in [-0.15, -0.1) is 0 Å². The Morgan fingerprint density at radius 3 is 2.31 bits per heavy atom. The molecule has 0 saturated carbocycles.